The molecule has 0 saturated heterocycles. The highest BCUT2D eigenvalue weighted by atomic mass is 127. The van der Waals surface area contributed by atoms with Crippen LogP contribution in [-0.2, 0) is 6.54 Å². The zero-order valence-corrected chi connectivity index (χ0v) is 17.1. The van der Waals surface area contributed by atoms with Gasteiger partial charge in [0.15, 0.2) is 5.96 Å². The van der Waals surface area contributed by atoms with Gasteiger partial charge in [-0.25, -0.2) is 4.39 Å². The molecule has 6 nitrogen and oxygen atoms in total. The maximum atomic E-state index is 12.9. The monoisotopic (exact) mass is 482 g/mol. The Morgan fingerprint density at radius 3 is 2.15 bits per heavy atom. The van der Waals surface area contributed by atoms with Gasteiger partial charge in [0.25, 0.3) is 11.8 Å². The van der Waals surface area contributed by atoms with Crippen molar-refractivity contribution in [3.63, 3.8) is 0 Å². The molecular formula is C19H20FIN4O2. The highest BCUT2D eigenvalue weighted by Gasteiger charge is 2.34. The number of guanidine groups is 1. The standard InChI is InChI=1S/C19H19FN4O2.HI/c1-21-19(23-12-13-6-8-14(20)9-7-13)22-10-11-24-17(25)15-4-2-3-5-16(15)18(24)26;/h2-9H,10-12H2,1H3,(H2,21,22,23);1H. The molecular weight excluding hydrogens is 462 g/mol. The van der Waals surface area contributed by atoms with Gasteiger partial charge in [0.1, 0.15) is 5.82 Å². The molecule has 1 aliphatic heterocycles. The molecule has 0 spiro atoms. The molecule has 142 valence electrons. The van der Waals surface area contributed by atoms with Gasteiger partial charge < -0.3 is 10.6 Å². The molecule has 8 heteroatoms. The molecule has 3 rings (SSSR count). The smallest absolute Gasteiger partial charge is 0.261 e. The average Bonchev–Trinajstić information content (AvgIpc) is 2.91. The topological polar surface area (TPSA) is 73.8 Å². The van der Waals surface area contributed by atoms with Crippen LogP contribution in [0.1, 0.15) is 26.3 Å². The molecule has 0 radical (unpaired) electrons. The van der Waals surface area contributed by atoms with Gasteiger partial charge in [-0.3, -0.25) is 19.5 Å². The third-order valence-corrected chi connectivity index (χ3v) is 4.10. The van der Waals surface area contributed by atoms with E-state index in [-0.39, 0.29) is 48.2 Å². The summed E-state index contributed by atoms with van der Waals surface area (Å²) >= 11 is 0. The Hall–Kier alpha value is -2.49. The summed E-state index contributed by atoms with van der Waals surface area (Å²) in [5.74, 6) is -0.300. The van der Waals surface area contributed by atoms with Crippen LogP contribution in [0.5, 0.6) is 0 Å². The Bertz CT molecular complexity index is 820. The summed E-state index contributed by atoms with van der Waals surface area (Å²) < 4.78 is 12.9. The number of nitrogens with one attached hydrogen (secondary N) is 2. The lowest BCUT2D eigenvalue weighted by molar-refractivity contribution is 0.0657. The molecule has 0 atom stereocenters. The number of carbonyl (C=O) groups is 2. The van der Waals surface area contributed by atoms with Crippen LogP contribution < -0.4 is 10.6 Å². The molecule has 0 bridgehead atoms. The van der Waals surface area contributed by atoms with E-state index < -0.39 is 0 Å². The zero-order valence-electron chi connectivity index (χ0n) is 14.7. The van der Waals surface area contributed by atoms with Gasteiger partial charge in [-0.1, -0.05) is 24.3 Å². The summed E-state index contributed by atoms with van der Waals surface area (Å²) in [5, 5.41) is 6.16. The summed E-state index contributed by atoms with van der Waals surface area (Å²) in [4.78, 5) is 29.9. The van der Waals surface area contributed by atoms with Gasteiger partial charge in [-0.15, -0.1) is 24.0 Å². The highest BCUT2D eigenvalue weighted by molar-refractivity contribution is 14.0. The molecule has 0 saturated carbocycles. The largest absolute Gasteiger partial charge is 0.355 e. The number of carbonyl (C=O) groups excluding carboxylic acids is 2. The number of aliphatic imine (C=N–C) groups is 1. The van der Waals surface area contributed by atoms with E-state index in [4.69, 9.17) is 0 Å². The van der Waals surface area contributed by atoms with Crippen molar-refractivity contribution in [1.29, 1.82) is 0 Å². The molecule has 0 aliphatic carbocycles. The Labute approximate surface area is 173 Å². The number of fused-ring (bicyclic) bond motifs is 1. The number of hydrogen-bond donors (Lipinski definition) is 2. The van der Waals surface area contributed by atoms with Crippen molar-refractivity contribution < 1.29 is 14.0 Å². The number of benzene rings is 2. The van der Waals surface area contributed by atoms with Gasteiger partial charge in [-0.2, -0.15) is 0 Å². The molecule has 2 N–H and O–H groups in total. The fraction of sp³-hybridized carbons (Fsp3) is 0.211. The number of hydrogen-bond acceptors (Lipinski definition) is 3. The molecule has 1 heterocycles. The van der Waals surface area contributed by atoms with Crippen LogP contribution in [0, 0.1) is 5.82 Å². The van der Waals surface area contributed by atoms with E-state index in [9.17, 15) is 14.0 Å². The first-order valence-corrected chi connectivity index (χ1v) is 8.24. The summed E-state index contributed by atoms with van der Waals surface area (Å²) in [5.41, 5.74) is 1.79. The first kappa shape index (κ1) is 20.8. The lowest BCUT2D eigenvalue weighted by Gasteiger charge is -2.16. The highest BCUT2D eigenvalue weighted by Crippen LogP contribution is 2.21. The minimum Gasteiger partial charge on any atom is -0.355 e. The molecule has 2 amide bonds. The molecule has 2 aromatic rings. The van der Waals surface area contributed by atoms with Crippen molar-refractivity contribution in [1.82, 2.24) is 15.5 Å². The van der Waals surface area contributed by atoms with E-state index in [1.165, 1.54) is 17.0 Å². The van der Waals surface area contributed by atoms with Crippen LogP contribution in [0.15, 0.2) is 53.5 Å². The first-order valence-electron chi connectivity index (χ1n) is 8.24. The summed E-state index contributed by atoms with van der Waals surface area (Å²) in [6.07, 6.45) is 0. The van der Waals surface area contributed by atoms with Crippen molar-refractivity contribution in [3.8, 4) is 0 Å². The minimum atomic E-state index is -0.280. The molecule has 2 aromatic carbocycles. The maximum Gasteiger partial charge on any atom is 0.261 e. The van der Waals surface area contributed by atoms with E-state index >= 15 is 0 Å². The predicted molar refractivity (Wildman–Crippen MR) is 112 cm³/mol. The van der Waals surface area contributed by atoms with Crippen molar-refractivity contribution in [2.24, 2.45) is 4.99 Å². The van der Waals surface area contributed by atoms with Crippen molar-refractivity contribution in [3.05, 3.63) is 71.0 Å². The van der Waals surface area contributed by atoms with Gasteiger partial charge in [0, 0.05) is 26.7 Å². The predicted octanol–water partition coefficient (Wildman–Crippen LogP) is 2.40. The van der Waals surface area contributed by atoms with Crippen molar-refractivity contribution in [2.45, 2.75) is 6.54 Å². The van der Waals surface area contributed by atoms with Crippen molar-refractivity contribution in [2.75, 3.05) is 20.1 Å². The second-order valence-electron chi connectivity index (χ2n) is 5.79. The summed E-state index contributed by atoms with van der Waals surface area (Å²) in [7, 11) is 1.63. The lowest BCUT2D eigenvalue weighted by atomic mass is 10.1. The van der Waals surface area contributed by atoms with E-state index in [2.05, 4.69) is 15.6 Å². The van der Waals surface area contributed by atoms with Gasteiger partial charge in [0.2, 0.25) is 0 Å². The normalized spacial score (nSPS) is 13.3. The Morgan fingerprint density at radius 2 is 1.59 bits per heavy atom. The molecule has 0 fully saturated rings. The number of amides is 2. The molecule has 27 heavy (non-hydrogen) atoms. The molecule has 1 aliphatic rings. The number of halogens is 2. The fourth-order valence-corrected chi connectivity index (χ4v) is 2.74. The van der Waals surface area contributed by atoms with Crippen LogP contribution in [0.4, 0.5) is 4.39 Å². The van der Waals surface area contributed by atoms with Crippen LogP contribution >= 0.6 is 24.0 Å². The maximum absolute atomic E-state index is 12.9. The van der Waals surface area contributed by atoms with Gasteiger partial charge >= 0.3 is 0 Å². The Morgan fingerprint density at radius 1 is 1.00 bits per heavy atom. The molecule has 0 aromatic heterocycles. The second-order valence-corrected chi connectivity index (χ2v) is 5.79. The van der Waals surface area contributed by atoms with Crippen LogP contribution in [0.3, 0.4) is 0 Å². The van der Waals surface area contributed by atoms with Crippen LogP contribution in [-0.4, -0.2) is 42.8 Å². The van der Waals surface area contributed by atoms with Crippen LogP contribution in [0.2, 0.25) is 0 Å². The number of nitrogens with zero attached hydrogens (tertiary/aromatic N) is 2. The second kappa shape index (κ2) is 9.45. The van der Waals surface area contributed by atoms with Gasteiger partial charge in [-0.05, 0) is 29.8 Å². The molecule has 0 unspecified atom stereocenters. The number of imide groups is 1. The van der Waals surface area contributed by atoms with E-state index in [0.717, 1.165) is 5.56 Å². The summed E-state index contributed by atoms with van der Waals surface area (Å²) in [6, 6.07) is 13.0. The first-order chi connectivity index (χ1) is 12.6. The Kier molecular flexibility index (Phi) is 7.28. The summed E-state index contributed by atoms with van der Waals surface area (Å²) in [6.45, 7) is 1.09. The Balaban J connectivity index is 0.00000261. The van der Waals surface area contributed by atoms with E-state index in [1.807, 2.05) is 0 Å². The average molecular weight is 482 g/mol. The third-order valence-electron chi connectivity index (χ3n) is 4.10. The van der Waals surface area contributed by atoms with E-state index in [0.29, 0.717) is 30.2 Å². The zero-order chi connectivity index (χ0) is 18.5. The third kappa shape index (κ3) is 4.82. The van der Waals surface area contributed by atoms with Crippen molar-refractivity contribution >= 4 is 41.8 Å². The number of rotatable bonds is 5. The van der Waals surface area contributed by atoms with E-state index in [1.54, 1.807) is 43.4 Å². The SMILES string of the molecule is CN=C(NCCN1C(=O)c2ccccc2C1=O)NCc1ccc(F)cc1.I. The minimum absolute atomic E-state index is 0. The van der Waals surface area contributed by atoms with Gasteiger partial charge in [0.05, 0.1) is 11.1 Å². The lowest BCUT2D eigenvalue weighted by Crippen LogP contribution is -2.42. The van der Waals surface area contributed by atoms with Crippen LogP contribution in [0.25, 0.3) is 0 Å². The fourth-order valence-electron chi connectivity index (χ4n) is 2.74. The quantitative estimate of drug-likeness (QED) is 0.297.